The van der Waals surface area contributed by atoms with Gasteiger partial charge in [0.15, 0.2) is 0 Å². The predicted molar refractivity (Wildman–Crippen MR) is 85.5 cm³/mol. The number of hydrogen-bond donors (Lipinski definition) is 0. The van der Waals surface area contributed by atoms with Crippen molar-refractivity contribution in [1.82, 2.24) is 4.98 Å². The lowest BCUT2D eigenvalue weighted by atomic mass is 10.0. The number of aromatic nitrogens is 1. The normalized spacial score (nSPS) is 14.0. The number of nitrogens with zero attached hydrogens (tertiary/aromatic N) is 1. The first kappa shape index (κ1) is 20.0. The van der Waals surface area contributed by atoms with Gasteiger partial charge < -0.3 is 14.2 Å². The van der Waals surface area contributed by atoms with E-state index in [0.29, 0.717) is 18.5 Å². The van der Waals surface area contributed by atoms with Gasteiger partial charge in [-0.25, -0.2) is 0 Å². The van der Waals surface area contributed by atoms with Gasteiger partial charge in [-0.3, -0.25) is 9.17 Å². The lowest BCUT2D eigenvalue weighted by Gasteiger charge is -2.34. The molecule has 0 radical (unpaired) electrons. The Balaban J connectivity index is 2.86. The molecular formula is C15H25NO6S. The second-order valence-electron chi connectivity index (χ2n) is 5.13. The van der Waals surface area contributed by atoms with Crippen LogP contribution in [0, 0.1) is 0 Å². The summed E-state index contributed by atoms with van der Waals surface area (Å²) in [6.07, 6.45) is 3.56. The number of ether oxygens (including phenoxy) is 3. The molecule has 0 bridgehead atoms. The number of pyridine rings is 1. The van der Waals surface area contributed by atoms with Crippen LogP contribution >= 0.6 is 0 Å². The molecule has 132 valence electrons. The highest BCUT2D eigenvalue weighted by molar-refractivity contribution is 7.85. The van der Waals surface area contributed by atoms with Gasteiger partial charge in [-0.1, -0.05) is 0 Å². The first-order valence-electron chi connectivity index (χ1n) is 7.22. The molecule has 0 aromatic carbocycles. The van der Waals surface area contributed by atoms with Crippen LogP contribution in [0.15, 0.2) is 18.3 Å². The number of aryl methyl sites for hydroxylation is 1. The van der Waals surface area contributed by atoms with Crippen LogP contribution < -0.4 is 0 Å². The Bertz CT molecular complexity index is 585. The van der Waals surface area contributed by atoms with Gasteiger partial charge >= 0.3 is 0 Å². The fourth-order valence-electron chi connectivity index (χ4n) is 2.29. The molecule has 1 atom stereocenters. The fraction of sp³-hybridized carbons (Fsp3) is 0.667. The summed E-state index contributed by atoms with van der Waals surface area (Å²) in [5.74, 6) is -1.10. The number of rotatable bonds is 10. The molecule has 1 aromatic rings. The molecule has 8 heteroatoms. The van der Waals surface area contributed by atoms with E-state index in [0.717, 1.165) is 11.8 Å². The largest absolute Gasteiger partial charge is 0.376 e. The Morgan fingerprint density at radius 3 is 2.43 bits per heavy atom. The van der Waals surface area contributed by atoms with E-state index in [1.807, 2.05) is 19.1 Å². The molecule has 1 heterocycles. The Kier molecular flexibility index (Phi) is 7.56. The van der Waals surface area contributed by atoms with Crippen molar-refractivity contribution in [2.45, 2.75) is 31.7 Å². The zero-order valence-corrected chi connectivity index (χ0v) is 15.1. The summed E-state index contributed by atoms with van der Waals surface area (Å²) < 4.78 is 43.0. The zero-order chi connectivity index (χ0) is 17.5. The molecule has 0 amide bonds. The minimum Gasteiger partial charge on any atom is -0.376 e. The Labute approximate surface area is 138 Å². The third kappa shape index (κ3) is 5.50. The Morgan fingerprint density at radius 1 is 1.26 bits per heavy atom. The van der Waals surface area contributed by atoms with Crippen LogP contribution in [-0.4, -0.2) is 53.7 Å². The van der Waals surface area contributed by atoms with E-state index >= 15 is 0 Å². The summed E-state index contributed by atoms with van der Waals surface area (Å²) in [4.78, 5) is 4.33. The summed E-state index contributed by atoms with van der Waals surface area (Å²) in [6, 6.07) is 3.72. The average molecular weight is 347 g/mol. The first-order chi connectivity index (χ1) is 10.8. The van der Waals surface area contributed by atoms with Crippen LogP contribution in [-0.2, 0) is 40.7 Å². The van der Waals surface area contributed by atoms with E-state index in [1.54, 1.807) is 13.3 Å². The third-order valence-electron chi connectivity index (χ3n) is 3.58. The maximum absolute atomic E-state index is 10.9. The predicted octanol–water partition coefficient (Wildman–Crippen LogP) is 1.47. The Hall–Kier alpha value is -1.06. The van der Waals surface area contributed by atoms with Gasteiger partial charge in [-0.15, -0.1) is 0 Å². The van der Waals surface area contributed by atoms with Crippen LogP contribution in [0.3, 0.4) is 0 Å². The lowest BCUT2D eigenvalue weighted by Crippen LogP contribution is -2.43. The molecule has 0 saturated carbocycles. The zero-order valence-electron chi connectivity index (χ0n) is 14.2. The molecule has 1 unspecified atom stereocenters. The molecule has 7 nitrogen and oxygen atoms in total. The van der Waals surface area contributed by atoms with E-state index in [2.05, 4.69) is 4.98 Å². The highest BCUT2D eigenvalue weighted by atomic mass is 32.2. The lowest BCUT2D eigenvalue weighted by molar-refractivity contribution is -0.272. The number of methoxy groups -OCH3 is 3. The first-order valence-corrected chi connectivity index (χ1v) is 9.03. The van der Waals surface area contributed by atoms with Gasteiger partial charge in [0.2, 0.25) is 5.79 Å². The van der Waals surface area contributed by atoms with Gasteiger partial charge in [0.25, 0.3) is 10.1 Å². The van der Waals surface area contributed by atoms with Gasteiger partial charge in [-0.2, -0.15) is 8.42 Å². The van der Waals surface area contributed by atoms with Crippen LogP contribution in [0.2, 0.25) is 0 Å². The van der Waals surface area contributed by atoms with Gasteiger partial charge in [0.1, 0.15) is 11.8 Å². The molecule has 1 aromatic heterocycles. The smallest absolute Gasteiger partial charge is 0.264 e. The summed E-state index contributed by atoms with van der Waals surface area (Å²) in [7, 11) is 1.24. The van der Waals surface area contributed by atoms with Crippen molar-refractivity contribution in [3.8, 4) is 0 Å². The topological polar surface area (TPSA) is 84.0 Å². The summed E-state index contributed by atoms with van der Waals surface area (Å²) in [5, 5.41) is 0. The maximum Gasteiger partial charge on any atom is 0.264 e. The molecule has 0 N–H and O–H groups in total. The van der Waals surface area contributed by atoms with Crippen molar-refractivity contribution in [2.24, 2.45) is 0 Å². The highest BCUT2D eigenvalue weighted by Crippen LogP contribution is 2.30. The minimum atomic E-state index is -3.40. The van der Waals surface area contributed by atoms with Crippen LogP contribution in [0.25, 0.3) is 0 Å². The fourth-order valence-corrected chi connectivity index (χ4v) is 2.72. The molecular weight excluding hydrogens is 322 g/mol. The van der Waals surface area contributed by atoms with Gasteiger partial charge in [0, 0.05) is 27.5 Å². The molecule has 0 saturated heterocycles. The van der Waals surface area contributed by atoms with E-state index in [4.69, 9.17) is 18.4 Å². The molecule has 0 spiro atoms. The van der Waals surface area contributed by atoms with E-state index < -0.39 is 15.9 Å². The SMILES string of the molecule is COC(C)C(OC)(OC)c1cc(CCCOS(C)(=O)=O)ccn1. The van der Waals surface area contributed by atoms with Crippen molar-refractivity contribution in [2.75, 3.05) is 34.2 Å². The summed E-state index contributed by atoms with van der Waals surface area (Å²) in [5.41, 5.74) is 1.58. The van der Waals surface area contributed by atoms with E-state index in [1.165, 1.54) is 14.2 Å². The minimum absolute atomic E-state index is 0.144. The molecule has 0 fully saturated rings. The second kappa shape index (κ2) is 8.70. The standard InChI is InChI=1S/C15H25NO6S/c1-12(19-2)15(20-3,21-4)14-11-13(8-9-16-14)7-6-10-22-23(5,17)18/h8-9,11-12H,6-7,10H2,1-5H3. The maximum atomic E-state index is 10.9. The quantitative estimate of drug-likeness (QED) is 0.360. The monoisotopic (exact) mass is 347 g/mol. The summed E-state index contributed by atoms with van der Waals surface area (Å²) >= 11 is 0. The number of hydrogen-bond acceptors (Lipinski definition) is 7. The van der Waals surface area contributed by atoms with Crippen LogP contribution in [0.1, 0.15) is 24.6 Å². The van der Waals surface area contributed by atoms with Crippen molar-refractivity contribution in [3.63, 3.8) is 0 Å². The van der Waals surface area contributed by atoms with Crippen LogP contribution in [0.4, 0.5) is 0 Å². The van der Waals surface area contributed by atoms with E-state index in [9.17, 15) is 8.42 Å². The highest BCUT2D eigenvalue weighted by Gasteiger charge is 2.40. The van der Waals surface area contributed by atoms with E-state index in [-0.39, 0.29) is 12.7 Å². The third-order valence-corrected chi connectivity index (χ3v) is 4.18. The molecule has 23 heavy (non-hydrogen) atoms. The molecule has 0 aliphatic heterocycles. The Morgan fingerprint density at radius 2 is 1.91 bits per heavy atom. The molecule has 1 rings (SSSR count). The summed E-state index contributed by atoms with van der Waals surface area (Å²) in [6.45, 7) is 1.98. The van der Waals surface area contributed by atoms with Crippen molar-refractivity contribution < 1.29 is 26.8 Å². The second-order valence-corrected chi connectivity index (χ2v) is 6.78. The molecule has 0 aliphatic carbocycles. The van der Waals surface area contributed by atoms with Crippen molar-refractivity contribution in [1.29, 1.82) is 0 Å². The van der Waals surface area contributed by atoms with Crippen molar-refractivity contribution in [3.05, 3.63) is 29.6 Å². The van der Waals surface area contributed by atoms with Gasteiger partial charge in [-0.05, 0) is 37.5 Å². The molecule has 0 aliphatic rings. The van der Waals surface area contributed by atoms with Crippen LogP contribution in [0.5, 0.6) is 0 Å². The average Bonchev–Trinajstić information content (AvgIpc) is 2.52. The van der Waals surface area contributed by atoms with Crippen molar-refractivity contribution >= 4 is 10.1 Å². The van der Waals surface area contributed by atoms with Gasteiger partial charge in [0.05, 0.1) is 12.9 Å².